The van der Waals surface area contributed by atoms with Crippen LogP contribution in [-0.2, 0) is 0 Å². The quantitative estimate of drug-likeness (QED) is 0.356. The van der Waals surface area contributed by atoms with Crippen molar-refractivity contribution in [2.24, 2.45) is 5.10 Å². The van der Waals surface area contributed by atoms with Gasteiger partial charge in [0, 0.05) is 18.6 Å². The van der Waals surface area contributed by atoms with E-state index in [1.165, 1.54) is 0 Å². The smallest absolute Gasteiger partial charge is 0.332 e. The number of nitrogens with one attached hydrogen (secondary N) is 1. The first kappa shape index (κ1) is 6.86. The minimum atomic E-state index is 1.63. The maximum Gasteiger partial charge on any atom is 0.429 e. The van der Waals surface area contributed by atoms with Gasteiger partial charge in [0.25, 0.3) is 0 Å². The van der Waals surface area contributed by atoms with Crippen LogP contribution in [0.4, 0.5) is 0 Å². The van der Waals surface area contributed by atoms with Gasteiger partial charge in [0.1, 0.15) is 0 Å². The fourth-order valence-corrected chi connectivity index (χ4v) is 0.524. The summed E-state index contributed by atoms with van der Waals surface area (Å²) in [5, 5.41) is 10.4. The third-order valence-corrected chi connectivity index (χ3v) is 0.919. The molecule has 0 bridgehead atoms. The number of nitrogens with zero attached hydrogens (tertiary/aromatic N) is 3. The number of aromatic nitrogens is 2. The van der Waals surface area contributed by atoms with Crippen LogP contribution in [0.15, 0.2) is 23.6 Å². The van der Waals surface area contributed by atoms with E-state index in [4.69, 9.17) is 0 Å². The number of hydrogen-bond acceptors (Lipinski definition) is 3. The third-order valence-electron chi connectivity index (χ3n) is 0.919. The highest BCUT2D eigenvalue weighted by atomic mass is 15.3. The van der Waals surface area contributed by atoms with E-state index in [9.17, 15) is 0 Å². The Hall–Kier alpha value is -1.26. The van der Waals surface area contributed by atoms with Crippen LogP contribution in [0.25, 0.3) is 0 Å². The van der Waals surface area contributed by atoms with Gasteiger partial charge < -0.3 is 5.34 Å². The lowest BCUT2D eigenvalue weighted by Crippen LogP contribution is -2.21. The summed E-state index contributed by atoms with van der Waals surface area (Å²) in [5.74, 6) is 0. The first-order chi connectivity index (χ1) is 4.93. The molecule has 10 heavy (non-hydrogen) atoms. The molecular formula is C5H8BN4. The van der Waals surface area contributed by atoms with Gasteiger partial charge in [0.2, 0.25) is 0 Å². The van der Waals surface area contributed by atoms with E-state index in [2.05, 4.69) is 15.5 Å². The first-order valence-corrected chi connectivity index (χ1v) is 2.99. The van der Waals surface area contributed by atoms with Gasteiger partial charge in [-0.05, 0) is 13.0 Å². The zero-order chi connectivity index (χ0) is 7.23. The molecule has 0 aromatic carbocycles. The molecule has 51 valence electrons. The first-order valence-electron chi connectivity index (χ1n) is 2.99. The summed E-state index contributed by atoms with van der Waals surface area (Å²) < 4.78 is 1.63. The summed E-state index contributed by atoms with van der Waals surface area (Å²) in [6.07, 6.45) is 5.19. The molecule has 1 radical (unpaired) electrons. The molecule has 1 rings (SSSR count). The molecule has 1 aromatic heterocycles. The summed E-state index contributed by atoms with van der Waals surface area (Å²) in [6, 6.07) is 1.84. The molecule has 0 amide bonds. The maximum atomic E-state index is 3.91. The van der Waals surface area contributed by atoms with Crippen molar-refractivity contribution < 1.29 is 0 Å². The lowest BCUT2D eigenvalue weighted by molar-refractivity contribution is 0.921. The molecule has 1 heterocycles. The van der Waals surface area contributed by atoms with Gasteiger partial charge >= 0.3 is 7.55 Å². The second kappa shape index (κ2) is 3.71. The highest BCUT2D eigenvalue weighted by Gasteiger charge is 1.89. The van der Waals surface area contributed by atoms with Crippen LogP contribution in [0.2, 0.25) is 0 Å². The number of rotatable bonds is 3. The SMILES string of the molecule is C/C=N\N[B]n1cccn1. The van der Waals surface area contributed by atoms with Crippen LogP contribution in [0, 0.1) is 0 Å². The topological polar surface area (TPSA) is 42.2 Å². The van der Waals surface area contributed by atoms with Crippen molar-refractivity contribution in [1.82, 2.24) is 15.0 Å². The average molecular weight is 135 g/mol. The van der Waals surface area contributed by atoms with Gasteiger partial charge in [0.15, 0.2) is 0 Å². The summed E-state index contributed by atoms with van der Waals surface area (Å²) >= 11 is 0. The van der Waals surface area contributed by atoms with E-state index in [-0.39, 0.29) is 0 Å². The Bertz CT molecular complexity index is 193. The molecule has 5 heteroatoms. The van der Waals surface area contributed by atoms with Gasteiger partial charge in [-0.1, -0.05) is 0 Å². The summed E-state index contributed by atoms with van der Waals surface area (Å²) in [5.41, 5.74) is 0. The van der Waals surface area contributed by atoms with E-state index in [0.29, 0.717) is 0 Å². The normalized spacial score (nSPS) is 10.1. The Morgan fingerprint density at radius 2 is 2.70 bits per heavy atom. The van der Waals surface area contributed by atoms with Crippen molar-refractivity contribution in [3.63, 3.8) is 0 Å². The van der Waals surface area contributed by atoms with E-state index in [1.54, 1.807) is 24.6 Å². The Morgan fingerprint density at radius 1 is 1.80 bits per heavy atom. The van der Waals surface area contributed by atoms with Crippen LogP contribution in [-0.4, -0.2) is 23.5 Å². The van der Waals surface area contributed by atoms with E-state index in [1.807, 2.05) is 19.2 Å². The van der Waals surface area contributed by atoms with Gasteiger partial charge in [-0.2, -0.15) is 5.10 Å². The van der Waals surface area contributed by atoms with Crippen LogP contribution in [0.5, 0.6) is 0 Å². The molecule has 0 aliphatic heterocycles. The van der Waals surface area contributed by atoms with Gasteiger partial charge in [-0.25, -0.2) is 5.10 Å². The monoisotopic (exact) mass is 135 g/mol. The molecule has 0 atom stereocenters. The number of hydrogen-bond donors (Lipinski definition) is 1. The fourth-order valence-electron chi connectivity index (χ4n) is 0.524. The lowest BCUT2D eigenvalue weighted by Gasteiger charge is -1.94. The molecule has 0 aliphatic carbocycles. The van der Waals surface area contributed by atoms with Crippen LogP contribution >= 0.6 is 0 Å². The Kier molecular flexibility index (Phi) is 2.55. The van der Waals surface area contributed by atoms with Crippen molar-refractivity contribution in [2.75, 3.05) is 0 Å². The van der Waals surface area contributed by atoms with E-state index < -0.39 is 0 Å². The molecule has 4 nitrogen and oxygen atoms in total. The molecule has 1 aromatic rings. The van der Waals surface area contributed by atoms with Crippen molar-refractivity contribution in [3.05, 3.63) is 18.5 Å². The highest BCUT2D eigenvalue weighted by Crippen LogP contribution is 1.76. The predicted molar refractivity (Wildman–Crippen MR) is 40.7 cm³/mol. The molecule has 0 aliphatic rings. The second-order valence-electron chi connectivity index (χ2n) is 1.63. The van der Waals surface area contributed by atoms with Crippen molar-refractivity contribution in [2.45, 2.75) is 6.92 Å². The summed E-state index contributed by atoms with van der Waals surface area (Å²) in [7, 11) is 1.65. The van der Waals surface area contributed by atoms with Gasteiger partial charge in [-0.3, -0.25) is 4.59 Å². The minimum Gasteiger partial charge on any atom is -0.332 e. The largest absolute Gasteiger partial charge is 0.429 e. The molecule has 0 fully saturated rings. The highest BCUT2D eigenvalue weighted by molar-refractivity contribution is 6.29. The molecule has 1 N–H and O–H groups in total. The minimum absolute atomic E-state index is 1.63. The zero-order valence-corrected chi connectivity index (χ0v) is 5.73. The Balaban J connectivity index is 2.28. The molecule has 0 saturated heterocycles. The maximum absolute atomic E-state index is 3.91. The average Bonchev–Trinajstić information content (AvgIpc) is 2.41. The van der Waals surface area contributed by atoms with Crippen molar-refractivity contribution in [1.29, 1.82) is 0 Å². The predicted octanol–water partition coefficient (Wildman–Crippen LogP) is -0.139. The molecule has 0 saturated carbocycles. The molecular weight excluding hydrogens is 127 g/mol. The van der Waals surface area contributed by atoms with Crippen LogP contribution < -0.4 is 5.34 Å². The molecule has 0 unspecified atom stereocenters. The van der Waals surface area contributed by atoms with E-state index in [0.717, 1.165) is 0 Å². The second-order valence-corrected chi connectivity index (χ2v) is 1.63. The standard InChI is InChI=1S/C5H8BN4/c1-2-7-9-6-10-5-3-4-8-10/h2-5,9H,1H3/b7-2-. The Morgan fingerprint density at radius 3 is 3.30 bits per heavy atom. The zero-order valence-electron chi connectivity index (χ0n) is 5.73. The van der Waals surface area contributed by atoms with Crippen molar-refractivity contribution in [3.8, 4) is 0 Å². The Labute approximate surface area is 60.2 Å². The van der Waals surface area contributed by atoms with Crippen LogP contribution in [0.1, 0.15) is 6.92 Å². The summed E-state index contributed by atoms with van der Waals surface area (Å²) in [4.78, 5) is 0. The van der Waals surface area contributed by atoms with E-state index >= 15 is 0 Å². The van der Waals surface area contributed by atoms with Crippen molar-refractivity contribution >= 4 is 13.8 Å². The molecule has 0 spiro atoms. The lowest BCUT2D eigenvalue weighted by atomic mass is 10.2. The van der Waals surface area contributed by atoms with Gasteiger partial charge in [0.05, 0.1) is 0 Å². The van der Waals surface area contributed by atoms with Crippen LogP contribution in [0.3, 0.4) is 0 Å². The number of hydrazone groups is 1. The fraction of sp³-hybridized carbons (Fsp3) is 0.200. The van der Waals surface area contributed by atoms with Gasteiger partial charge in [-0.15, -0.1) is 0 Å². The third kappa shape index (κ3) is 1.93. The summed E-state index contributed by atoms with van der Waals surface area (Å²) in [6.45, 7) is 1.84.